The number of hydrogen-bond donors (Lipinski definition) is 2. The lowest BCUT2D eigenvalue weighted by Gasteiger charge is -2.32. The summed E-state index contributed by atoms with van der Waals surface area (Å²) in [5.74, 6) is -0.423. The maximum Gasteiger partial charge on any atom is 0.257 e. The van der Waals surface area contributed by atoms with Gasteiger partial charge in [0.05, 0.1) is 22.7 Å². The van der Waals surface area contributed by atoms with Gasteiger partial charge < -0.3 is 11.1 Å². The van der Waals surface area contributed by atoms with Gasteiger partial charge in [-0.1, -0.05) is 23.2 Å². The predicted octanol–water partition coefficient (Wildman–Crippen LogP) is 3.03. The van der Waals surface area contributed by atoms with Gasteiger partial charge in [0, 0.05) is 24.0 Å². The monoisotopic (exact) mass is 405 g/mol. The van der Waals surface area contributed by atoms with Crippen molar-refractivity contribution < 1.29 is 9.59 Å². The van der Waals surface area contributed by atoms with E-state index in [1.54, 1.807) is 38.2 Å². The van der Waals surface area contributed by atoms with Crippen LogP contribution < -0.4 is 11.1 Å². The predicted molar refractivity (Wildman–Crippen MR) is 105 cm³/mol. The number of aromatic nitrogens is 1. The molecule has 0 spiro atoms. The summed E-state index contributed by atoms with van der Waals surface area (Å²) in [6, 6.07) is 7.93. The van der Waals surface area contributed by atoms with Gasteiger partial charge in [-0.25, -0.2) is 4.99 Å². The van der Waals surface area contributed by atoms with Crippen molar-refractivity contribution in [1.82, 2.24) is 9.88 Å². The lowest BCUT2D eigenvalue weighted by molar-refractivity contribution is -0.128. The van der Waals surface area contributed by atoms with E-state index < -0.39 is 5.54 Å². The third-order valence-electron chi connectivity index (χ3n) is 4.32. The zero-order valence-electron chi connectivity index (χ0n) is 14.7. The molecule has 0 saturated carbocycles. The zero-order chi connectivity index (χ0) is 19.8. The molecule has 3 rings (SSSR count). The molecule has 3 N–H and O–H groups in total. The molecule has 0 bridgehead atoms. The van der Waals surface area contributed by atoms with Crippen LogP contribution in [0.3, 0.4) is 0 Å². The van der Waals surface area contributed by atoms with Gasteiger partial charge in [0.2, 0.25) is 5.91 Å². The first-order chi connectivity index (χ1) is 12.7. The van der Waals surface area contributed by atoms with E-state index in [2.05, 4.69) is 15.3 Å². The van der Waals surface area contributed by atoms with E-state index in [1.807, 2.05) is 0 Å². The minimum Gasteiger partial charge on any atom is -0.369 e. The van der Waals surface area contributed by atoms with Gasteiger partial charge in [0.15, 0.2) is 5.96 Å². The molecule has 7 nitrogen and oxygen atoms in total. The molecule has 140 valence electrons. The highest BCUT2D eigenvalue weighted by Crippen LogP contribution is 2.32. The molecule has 9 heteroatoms. The maximum absolute atomic E-state index is 12.5. The van der Waals surface area contributed by atoms with E-state index in [9.17, 15) is 9.59 Å². The van der Waals surface area contributed by atoms with E-state index >= 15 is 0 Å². The van der Waals surface area contributed by atoms with Crippen molar-refractivity contribution in [2.45, 2.75) is 18.9 Å². The molecule has 0 radical (unpaired) electrons. The van der Waals surface area contributed by atoms with Crippen molar-refractivity contribution in [3.8, 4) is 0 Å². The number of carbonyl (C=O) groups is 2. The van der Waals surface area contributed by atoms with Gasteiger partial charge in [-0.05, 0) is 37.3 Å². The number of nitrogens with zero attached hydrogens (tertiary/aromatic N) is 3. The molecule has 1 aliphatic rings. The molecule has 2 heterocycles. The van der Waals surface area contributed by atoms with Crippen LogP contribution >= 0.6 is 23.2 Å². The van der Waals surface area contributed by atoms with Crippen LogP contribution in [0.25, 0.3) is 0 Å². The number of hydrogen-bond acceptors (Lipinski definition) is 5. The van der Waals surface area contributed by atoms with Crippen LogP contribution in [0, 0.1) is 0 Å². The number of pyridine rings is 1. The molecular weight excluding hydrogens is 389 g/mol. The molecule has 2 aromatic rings. The lowest BCUT2D eigenvalue weighted by atomic mass is 9.91. The van der Waals surface area contributed by atoms with Crippen molar-refractivity contribution in [3.05, 3.63) is 57.8 Å². The van der Waals surface area contributed by atoms with Crippen LogP contribution in [0.4, 0.5) is 5.69 Å². The number of guanidine groups is 1. The normalized spacial score (nSPS) is 19.6. The Morgan fingerprint density at radius 1 is 1.30 bits per heavy atom. The Kier molecular flexibility index (Phi) is 5.08. The lowest BCUT2D eigenvalue weighted by Crippen LogP contribution is -2.47. The number of halogens is 2. The summed E-state index contributed by atoms with van der Waals surface area (Å²) in [6.45, 7) is 1.77. The highest BCUT2D eigenvalue weighted by Gasteiger charge is 2.37. The number of benzene rings is 1. The maximum atomic E-state index is 12.5. The molecule has 1 atom stereocenters. The Balaban J connectivity index is 1.88. The van der Waals surface area contributed by atoms with Crippen LogP contribution in [-0.2, 0) is 10.3 Å². The van der Waals surface area contributed by atoms with Gasteiger partial charge in [-0.15, -0.1) is 0 Å². The fourth-order valence-corrected chi connectivity index (χ4v) is 3.23. The molecule has 1 aliphatic heterocycles. The third kappa shape index (κ3) is 3.89. The van der Waals surface area contributed by atoms with Crippen LogP contribution in [0.5, 0.6) is 0 Å². The average Bonchev–Trinajstić information content (AvgIpc) is 2.59. The van der Waals surface area contributed by atoms with E-state index in [1.165, 1.54) is 17.2 Å². The Labute approximate surface area is 166 Å². The summed E-state index contributed by atoms with van der Waals surface area (Å²) in [7, 11) is 1.57. The van der Waals surface area contributed by atoms with Crippen molar-refractivity contribution in [2.24, 2.45) is 10.7 Å². The Bertz CT molecular complexity index is 963. The number of nitrogens with two attached hydrogens (primary N) is 1. The first-order valence-electron chi connectivity index (χ1n) is 8.04. The second-order valence-electron chi connectivity index (χ2n) is 6.38. The van der Waals surface area contributed by atoms with Gasteiger partial charge in [0.1, 0.15) is 5.54 Å². The molecule has 1 aromatic heterocycles. The number of nitrogens with one attached hydrogen (secondary N) is 1. The number of rotatable bonds is 3. The fraction of sp³-hybridized carbons (Fsp3) is 0.222. The number of aliphatic imine (C=N–C) groups is 1. The van der Waals surface area contributed by atoms with Crippen molar-refractivity contribution >= 4 is 46.7 Å². The van der Waals surface area contributed by atoms with Crippen molar-refractivity contribution in [3.63, 3.8) is 0 Å². The summed E-state index contributed by atoms with van der Waals surface area (Å²) < 4.78 is 0. The van der Waals surface area contributed by atoms with E-state index in [4.69, 9.17) is 28.9 Å². The largest absolute Gasteiger partial charge is 0.369 e. The number of amides is 2. The average molecular weight is 406 g/mol. The number of carbonyl (C=O) groups excluding carboxylic acids is 2. The zero-order valence-corrected chi connectivity index (χ0v) is 16.2. The fourth-order valence-electron chi connectivity index (χ4n) is 2.73. The SMILES string of the molecule is CN1C(=O)CC(C)(c2cc(NC(=O)c3ccc(Cl)cc3Cl)ccn2)N=C1N. The Morgan fingerprint density at radius 2 is 2.04 bits per heavy atom. The van der Waals surface area contributed by atoms with Crippen molar-refractivity contribution in [2.75, 3.05) is 12.4 Å². The molecule has 2 amide bonds. The third-order valence-corrected chi connectivity index (χ3v) is 4.87. The van der Waals surface area contributed by atoms with E-state index in [0.717, 1.165) is 0 Å². The van der Waals surface area contributed by atoms with Crippen LogP contribution in [-0.4, -0.2) is 34.7 Å². The molecule has 0 fully saturated rings. The van der Waals surface area contributed by atoms with Gasteiger partial charge in [-0.3, -0.25) is 19.5 Å². The molecule has 1 unspecified atom stereocenters. The second kappa shape index (κ2) is 7.17. The second-order valence-corrected chi connectivity index (χ2v) is 7.23. The molecule has 0 aliphatic carbocycles. The molecule has 27 heavy (non-hydrogen) atoms. The Hall–Kier alpha value is -2.64. The summed E-state index contributed by atoms with van der Waals surface area (Å²) in [5.41, 5.74) is 6.24. The van der Waals surface area contributed by atoms with Gasteiger partial charge >= 0.3 is 0 Å². The minimum absolute atomic E-state index is 0.123. The summed E-state index contributed by atoms with van der Waals surface area (Å²) in [5, 5.41) is 3.46. The van der Waals surface area contributed by atoms with Crippen LogP contribution in [0.2, 0.25) is 10.0 Å². The molecule has 0 saturated heterocycles. The highest BCUT2D eigenvalue weighted by atomic mass is 35.5. The topological polar surface area (TPSA) is 101 Å². The van der Waals surface area contributed by atoms with E-state index in [-0.39, 0.29) is 29.2 Å². The smallest absolute Gasteiger partial charge is 0.257 e. The first-order valence-corrected chi connectivity index (χ1v) is 8.80. The number of anilines is 1. The standard InChI is InChI=1S/C18H17Cl2N5O2/c1-18(9-15(26)25(2)17(21)24-18)14-8-11(5-6-22-14)23-16(27)12-4-3-10(19)7-13(12)20/h3-8H,9H2,1-2H3,(H2,21,24)(H,22,23,27). The molecule has 1 aromatic carbocycles. The highest BCUT2D eigenvalue weighted by molar-refractivity contribution is 6.37. The summed E-state index contributed by atoms with van der Waals surface area (Å²) >= 11 is 11.9. The van der Waals surface area contributed by atoms with Crippen LogP contribution in [0.1, 0.15) is 29.4 Å². The van der Waals surface area contributed by atoms with Gasteiger partial charge in [-0.2, -0.15) is 0 Å². The summed E-state index contributed by atoms with van der Waals surface area (Å²) in [6.07, 6.45) is 1.66. The first kappa shape index (κ1) is 19.1. The summed E-state index contributed by atoms with van der Waals surface area (Å²) in [4.78, 5) is 34.7. The van der Waals surface area contributed by atoms with Gasteiger partial charge in [0.25, 0.3) is 5.91 Å². The van der Waals surface area contributed by atoms with Crippen LogP contribution in [0.15, 0.2) is 41.5 Å². The quantitative estimate of drug-likeness (QED) is 0.818. The van der Waals surface area contributed by atoms with E-state index in [0.29, 0.717) is 22.0 Å². The minimum atomic E-state index is -0.910. The van der Waals surface area contributed by atoms with Crippen molar-refractivity contribution in [1.29, 1.82) is 0 Å². The molecular formula is C18H17Cl2N5O2. The Morgan fingerprint density at radius 3 is 2.70 bits per heavy atom.